The molecule has 0 aromatic heterocycles. The number of nitrogens with one attached hydrogen (secondary N) is 1. The van der Waals surface area contributed by atoms with Crippen LogP contribution >= 0.6 is 0 Å². The summed E-state index contributed by atoms with van der Waals surface area (Å²) in [4.78, 5) is 21.0. The summed E-state index contributed by atoms with van der Waals surface area (Å²) >= 11 is 0. The molecule has 0 spiro atoms. The van der Waals surface area contributed by atoms with Gasteiger partial charge < -0.3 is 10.4 Å². The SMILES string of the molecule is C[C@](O)(C[N+](=O)[O-])C(=O)Nc1ccccc1. The van der Waals surface area contributed by atoms with E-state index in [1.165, 1.54) is 0 Å². The van der Waals surface area contributed by atoms with Crippen LogP contribution in [0.1, 0.15) is 6.92 Å². The van der Waals surface area contributed by atoms with E-state index in [-0.39, 0.29) is 0 Å². The lowest BCUT2D eigenvalue weighted by atomic mass is 10.1. The lowest BCUT2D eigenvalue weighted by Gasteiger charge is -2.17. The molecule has 0 saturated heterocycles. The Hall–Kier alpha value is -1.95. The van der Waals surface area contributed by atoms with E-state index in [0.717, 1.165) is 6.92 Å². The normalized spacial score (nSPS) is 13.9. The van der Waals surface area contributed by atoms with Gasteiger partial charge in [0.15, 0.2) is 0 Å². The van der Waals surface area contributed by atoms with E-state index in [1.807, 2.05) is 0 Å². The van der Waals surface area contributed by atoms with Crippen LogP contribution in [0.2, 0.25) is 0 Å². The van der Waals surface area contributed by atoms with E-state index >= 15 is 0 Å². The van der Waals surface area contributed by atoms with Crippen LogP contribution in [0.5, 0.6) is 0 Å². The fourth-order valence-corrected chi connectivity index (χ4v) is 1.11. The monoisotopic (exact) mass is 224 g/mol. The van der Waals surface area contributed by atoms with Crippen molar-refractivity contribution in [2.45, 2.75) is 12.5 Å². The van der Waals surface area contributed by atoms with Crippen LogP contribution in [0, 0.1) is 10.1 Å². The molecule has 0 radical (unpaired) electrons. The molecule has 1 rings (SSSR count). The molecule has 1 aromatic rings. The molecule has 0 aliphatic carbocycles. The van der Waals surface area contributed by atoms with Crippen molar-refractivity contribution in [3.05, 3.63) is 40.4 Å². The highest BCUT2D eigenvalue weighted by atomic mass is 16.6. The van der Waals surface area contributed by atoms with Gasteiger partial charge in [0.1, 0.15) is 0 Å². The highest BCUT2D eigenvalue weighted by molar-refractivity contribution is 5.96. The molecule has 0 bridgehead atoms. The molecule has 0 saturated carbocycles. The molecule has 1 aromatic carbocycles. The molecular weight excluding hydrogens is 212 g/mol. The first kappa shape index (κ1) is 12.1. The predicted octanol–water partition coefficient (Wildman–Crippen LogP) is 0.653. The predicted molar refractivity (Wildman–Crippen MR) is 57.6 cm³/mol. The van der Waals surface area contributed by atoms with Crippen LogP contribution in [-0.4, -0.2) is 28.1 Å². The lowest BCUT2D eigenvalue weighted by molar-refractivity contribution is -0.495. The Morgan fingerprint density at radius 2 is 2.06 bits per heavy atom. The molecule has 1 amide bonds. The molecule has 1 atom stereocenters. The summed E-state index contributed by atoms with van der Waals surface area (Å²) in [6.07, 6.45) is 0. The van der Waals surface area contributed by atoms with Crippen molar-refractivity contribution in [1.82, 2.24) is 0 Å². The van der Waals surface area contributed by atoms with Gasteiger partial charge in [-0.3, -0.25) is 14.9 Å². The Bertz CT molecular complexity index is 389. The number of anilines is 1. The maximum absolute atomic E-state index is 11.5. The second kappa shape index (κ2) is 4.71. The zero-order chi connectivity index (χ0) is 12.2. The summed E-state index contributed by atoms with van der Waals surface area (Å²) < 4.78 is 0. The summed E-state index contributed by atoms with van der Waals surface area (Å²) in [6, 6.07) is 8.43. The first-order chi connectivity index (χ1) is 7.42. The standard InChI is InChI=1S/C10H12N2O4/c1-10(14,7-12(15)16)9(13)11-8-5-3-2-4-6-8/h2-6,14H,7H2,1H3,(H,11,13)/t10-/m0/s1. The number of nitro groups is 1. The number of carbonyl (C=O) groups is 1. The maximum atomic E-state index is 11.5. The van der Waals surface area contributed by atoms with Gasteiger partial charge in [-0.05, 0) is 19.1 Å². The molecule has 6 heteroatoms. The smallest absolute Gasteiger partial charge is 0.262 e. The van der Waals surface area contributed by atoms with Gasteiger partial charge in [0, 0.05) is 10.6 Å². The lowest BCUT2D eigenvalue weighted by Crippen LogP contribution is -2.45. The summed E-state index contributed by atoms with van der Waals surface area (Å²) in [5, 5.41) is 22.2. The van der Waals surface area contributed by atoms with E-state index in [0.29, 0.717) is 5.69 Å². The second-order valence-corrected chi connectivity index (χ2v) is 3.58. The van der Waals surface area contributed by atoms with Gasteiger partial charge in [-0.2, -0.15) is 0 Å². The molecule has 6 nitrogen and oxygen atoms in total. The van der Waals surface area contributed by atoms with Gasteiger partial charge >= 0.3 is 0 Å². The minimum absolute atomic E-state index is 0.483. The Morgan fingerprint density at radius 1 is 1.50 bits per heavy atom. The molecule has 0 heterocycles. The van der Waals surface area contributed by atoms with Crippen LogP contribution in [0.3, 0.4) is 0 Å². The minimum atomic E-state index is -2.01. The number of aliphatic hydroxyl groups is 1. The Kier molecular flexibility index (Phi) is 3.57. The molecule has 16 heavy (non-hydrogen) atoms. The highest BCUT2D eigenvalue weighted by Gasteiger charge is 2.36. The summed E-state index contributed by atoms with van der Waals surface area (Å²) in [6.45, 7) is 0.278. The van der Waals surface area contributed by atoms with Crippen LogP contribution in [0.25, 0.3) is 0 Å². The van der Waals surface area contributed by atoms with Crippen LogP contribution in [-0.2, 0) is 4.79 Å². The molecule has 0 aliphatic rings. The topological polar surface area (TPSA) is 92.5 Å². The Morgan fingerprint density at radius 3 is 2.56 bits per heavy atom. The number of nitrogens with zero attached hydrogens (tertiary/aromatic N) is 1. The quantitative estimate of drug-likeness (QED) is 0.580. The number of para-hydroxylation sites is 1. The molecule has 86 valence electrons. The third kappa shape index (κ3) is 3.32. The van der Waals surface area contributed by atoms with Gasteiger partial charge in [-0.25, -0.2) is 0 Å². The number of hydrogen-bond acceptors (Lipinski definition) is 4. The fraction of sp³-hybridized carbons (Fsp3) is 0.300. The first-order valence-corrected chi connectivity index (χ1v) is 4.62. The van der Waals surface area contributed by atoms with Crippen molar-refractivity contribution in [3.63, 3.8) is 0 Å². The average molecular weight is 224 g/mol. The van der Waals surface area contributed by atoms with Crippen molar-refractivity contribution in [2.75, 3.05) is 11.9 Å². The molecule has 2 N–H and O–H groups in total. The first-order valence-electron chi connectivity index (χ1n) is 4.62. The minimum Gasteiger partial charge on any atom is -0.375 e. The Labute approximate surface area is 92.0 Å². The number of benzene rings is 1. The van der Waals surface area contributed by atoms with Gasteiger partial charge in [-0.1, -0.05) is 18.2 Å². The van der Waals surface area contributed by atoms with Gasteiger partial charge in [-0.15, -0.1) is 0 Å². The summed E-state index contributed by atoms with van der Waals surface area (Å²) in [7, 11) is 0. The summed E-state index contributed by atoms with van der Waals surface area (Å²) in [5.74, 6) is -0.796. The van der Waals surface area contributed by atoms with Crippen molar-refractivity contribution in [3.8, 4) is 0 Å². The van der Waals surface area contributed by atoms with E-state index in [1.54, 1.807) is 30.3 Å². The molecular formula is C10H12N2O4. The van der Waals surface area contributed by atoms with Gasteiger partial charge in [0.25, 0.3) is 5.91 Å². The van der Waals surface area contributed by atoms with Crippen LogP contribution in [0.4, 0.5) is 5.69 Å². The number of hydrogen-bond donors (Lipinski definition) is 2. The van der Waals surface area contributed by atoms with E-state index in [9.17, 15) is 20.0 Å². The maximum Gasteiger partial charge on any atom is 0.262 e. The van der Waals surface area contributed by atoms with Crippen molar-refractivity contribution in [1.29, 1.82) is 0 Å². The zero-order valence-corrected chi connectivity index (χ0v) is 8.71. The van der Waals surface area contributed by atoms with Crippen molar-refractivity contribution in [2.24, 2.45) is 0 Å². The molecule has 0 fully saturated rings. The largest absolute Gasteiger partial charge is 0.375 e. The highest BCUT2D eigenvalue weighted by Crippen LogP contribution is 2.10. The van der Waals surface area contributed by atoms with Crippen LogP contribution < -0.4 is 5.32 Å². The Balaban J connectivity index is 2.68. The van der Waals surface area contributed by atoms with E-state index in [2.05, 4.69) is 5.32 Å². The zero-order valence-electron chi connectivity index (χ0n) is 8.71. The number of amides is 1. The number of rotatable bonds is 4. The van der Waals surface area contributed by atoms with Crippen molar-refractivity contribution < 1.29 is 14.8 Å². The number of carbonyl (C=O) groups excluding carboxylic acids is 1. The average Bonchev–Trinajstić information content (AvgIpc) is 2.17. The van der Waals surface area contributed by atoms with Crippen molar-refractivity contribution >= 4 is 11.6 Å². The van der Waals surface area contributed by atoms with E-state index < -0.39 is 23.0 Å². The molecule has 0 unspecified atom stereocenters. The molecule has 0 aliphatic heterocycles. The third-order valence-electron chi connectivity index (χ3n) is 1.96. The second-order valence-electron chi connectivity index (χ2n) is 3.58. The van der Waals surface area contributed by atoms with Crippen LogP contribution in [0.15, 0.2) is 30.3 Å². The van der Waals surface area contributed by atoms with Gasteiger partial charge in [0.05, 0.1) is 0 Å². The third-order valence-corrected chi connectivity index (χ3v) is 1.96. The fourth-order valence-electron chi connectivity index (χ4n) is 1.11. The van der Waals surface area contributed by atoms with Gasteiger partial charge in [0.2, 0.25) is 12.1 Å². The summed E-state index contributed by atoms with van der Waals surface area (Å²) in [5.41, 5.74) is -1.53. The van der Waals surface area contributed by atoms with E-state index in [4.69, 9.17) is 0 Å².